The normalized spacial score (nSPS) is 46.9. The summed E-state index contributed by atoms with van der Waals surface area (Å²) < 4.78 is 39.5. The van der Waals surface area contributed by atoms with Crippen LogP contribution >= 0.6 is 0 Å². The average molecular weight is 551 g/mol. The van der Waals surface area contributed by atoms with Gasteiger partial charge in [-0.2, -0.15) is 13.2 Å². The van der Waals surface area contributed by atoms with Crippen molar-refractivity contribution < 1.29 is 27.6 Å². The second-order valence-electron chi connectivity index (χ2n) is 16.4. The first-order valence-electron chi connectivity index (χ1n) is 15.4. The minimum absolute atomic E-state index is 0.0495. The molecule has 0 unspecified atom stereocenters. The van der Waals surface area contributed by atoms with Gasteiger partial charge in [0.25, 0.3) is 0 Å². The number of rotatable bonds is 3. The zero-order chi connectivity index (χ0) is 29.0. The molecule has 0 spiro atoms. The van der Waals surface area contributed by atoms with Gasteiger partial charge in [0.15, 0.2) is 0 Å². The molecule has 6 heteroatoms. The number of hydrogen-bond donors (Lipinski definition) is 0. The summed E-state index contributed by atoms with van der Waals surface area (Å²) >= 11 is 0. The van der Waals surface area contributed by atoms with Crippen LogP contribution in [0, 0.1) is 56.2 Å². The third-order valence-corrected chi connectivity index (χ3v) is 14.0. The Morgan fingerprint density at radius 3 is 2.13 bits per heavy atom. The Balaban J connectivity index is 1.55. The van der Waals surface area contributed by atoms with Crippen LogP contribution < -0.4 is 0 Å². The molecule has 39 heavy (non-hydrogen) atoms. The molecule has 0 N–H and O–H groups in total. The topological polar surface area (TPSA) is 51.2 Å². The third-order valence-electron chi connectivity index (χ3n) is 14.0. The summed E-state index contributed by atoms with van der Waals surface area (Å²) in [7, 11) is 0. The molecule has 0 aromatic rings. The Kier molecular flexibility index (Phi) is 6.51. The van der Waals surface area contributed by atoms with Gasteiger partial charge in [0, 0.05) is 36.0 Å². The van der Waals surface area contributed by atoms with Crippen molar-refractivity contribution in [3.8, 4) is 0 Å². The van der Waals surface area contributed by atoms with Gasteiger partial charge in [-0.1, -0.05) is 48.5 Å². The van der Waals surface area contributed by atoms with E-state index in [2.05, 4.69) is 48.5 Å². The lowest BCUT2D eigenvalue weighted by atomic mass is 9.31. The van der Waals surface area contributed by atoms with Gasteiger partial charge < -0.3 is 0 Å². The van der Waals surface area contributed by atoms with Crippen molar-refractivity contribution in [1.82, 2.24) is 0 Å². The van der Waals surface area contributed by atoms with E-state index in [1.807, 2.05) is 0 Å². The number of carbonyl (C=O) groups is 3. The van der Waals surface area contributed by atoms with Crippen molar-refractivity contribution in [1.29, 1.82) is 0 Å². The fraction of sp³-hybridized carbons (Fsp3) is 0.909. The van der Waals surface area contributed by atoms with Crippen LogP contribution in [0.4, 0.5) is 13.2 Å². The lowest BCUT2D eigenvalue weighted by Gasteiger charge is -2.72. The lowest BCUT2D eigenvalue weighted by molar-refractivity contribution is -0.233. The largest absolute Gasteiger partial charge is 0.389 e. The van der Waals surface area contributed by atoms with E-state index in [-0.39, 0.29) is 56.9 Å². The van der Waals surface area contributed by atoms with Crippen molar-refractivity contribution in [2.75, 3.05) is 0 Å². The van der Waals surface area contributed by atoms with Gasteiger partial charge >= 0.3 is 6.18 Å². The van der Waals surface area contributed by atoms with Crippen LogP contribution in [0.5, 0.6) is 0 Å². The highest BCUT2D eigenvalue weighted by Crippen LogP contribution is 2.76. The molecule has 3 nitrogen and oxygen atoms in total. The molecule has 5 aliphatic rings. The zero-order valence-corrected chi connectivity index (χ0v) is 25.2. The number of hydrogen-bond acceptors (Lipinski definition) is 3. The van der Waals surface area contributed by atoms with E-state index in [0.29, 0.717) is 37.9 Å². The molecule has 0 bridgehead atoms. The Labute approximate surface area is 232 Å². The number of alkyl halides is 3. The Morgan fingerprint density at radius 1 is 0.846 bits per heavy atom. The minimum Gasteiger partial charge on any atom is -0.299 e. The molecule has 8 atom stereocenters. The standard InChI is InChI=1S/C33H49F3O3/c1-27(2)14-16-32(25(39)10-13-33(34,35)36)17-15-31(7)26(20(32)19-27)21(37)18-23-29(5)11-9-24(38)28(3,4)22(29)8-12-30(23,31)6/h20,22-23,26H,8-19H2,1-7H3/t20-,22-,23+,26-,29-,30+,31+,32-/m0/s1. The molecule has 5 aliphatic carbocycles. The fourth-order valence-corrected chi connectivity index (χ4v) is 11.5. The van der Waals surface area contributed by atoms with E-state index in [1.165, 1.54) is 0 Å². The molecule has 5 rings (SSSR count). The quantitative estimate of drug-likeness (QED) is 0.354. The third kappa shape index (κ3) is 4.06. The van der Waals surface area contributed by atoms with E-state index >= 15 is 0 Å². The number of ketones is 3. The number of Topliss-reactive ketones (excluding diaryl/α,β-unsaturated/α-hetero) is 3. The van der Waals surface area contributed by atoms with E-state index in [9.17, 15) is 27.6 Å². The molecule has 0 aliphatic heterocycles. The summed E-state index contributed by atoms with van der Waals surface area (Å²) in [5.74, 6) is 0.246. The highest BCUT2D eigenvalue weighted by Gasteiger charge is 2.72. The molecule has 5 saturated carbocycles. The molecule has 220 valence electrons. The van der Waals surface area contributed by atoms with Gasteiger partial charge in [-0.15, -0.1) is 0 Å². The molecule has 0 aromatic carbocycles. The van der Waals surface area contributed by atoms with Crippen molar-refractivity contribution in [2.45, 2.75) is 132 Å². The lowest BCUT2D eigenvalue weighted by Crippen LogP contribution is -2.69. The summed E-state index contributed by atoms with van der Waals surface area (Å²) in [6, 6.07) is 0. The first kappa shape index (κ1) is 29.3. The SMILES string of the molecule is CC1(C)CC[C@]2(C(=O)CCC(F)(F)F)CC[C@]3(C)[C@H](C(=O)C[C@@H]4[C@@]5(C)CCC(=O)C(C)(C)[C@@H]5CC[C@]43C)[C@@H]2C1. The molecule has 5 fully saturated rings. The van der Waals surface area contributed by atoms with Gasteiger partial charge in [-0.05, 0) is 90.8 Å². The molecule has 0 aromatic heterocycles. The maximum Gasteiger partial charge on any atom is 0.389 e. The van der Waals surface area contributed by atoms with Crippen LogP contribution in [0.15, 0.2) is 0 Å². The minimum atomic E-state index is -4.36. The van der Waals surface area contributed by atoms with Gasteiger partial charge in [0.1, 0.15) is 17.3 Å². The van der Waals surface area contributed by atoms with Crippen LogP contribution in [0.25, 0.3) is 0 Å². The second-order valence-corrected chi connectivity index (χ2v) is 16.4. The molecular formula is C33H49F3O3. The monoisotopic (exact) mass is 550 g/mol. The van der Waals surface area contributed by atoms with Crippen LogP contribution in [0.3, 0.4) is 0 Å². The van der Waals surface area contributed by atoms with Crippen LogP contribution in [0.1, 0.15) is 126 Å². The van der Waals surface area contributed by atoms with Crippen molar-refractivity contribution in [2.24, 2.45) is 56.2 Å². The Morgan fingerprint density at radius 2 is 1.49 bits per heavy atom. The zero-order valence-electron chi connectivity index (χ0n) is 25.2. The summed E-state index contributed by atoms with van der Waals surface area (Å²) in [5, 5.41) is 0. The van der Waals surface area contributed by atoms with E-state index in [4.69, 9.17) is 0 Å². The fourth-order valence-electron chi connectivity index (χ4n) is 11.5. The molecule has 0 heterocycles. The van der Waals surface area contributed by atoms with E-state index in [1.54, 1.807) is 0 Å². The summed E-state index contributed by atoms with van der Waals surface area (Å²) in [4.78, 5) is 41.2. The maximum absolute atomic E-state index is 14.5. The molecular weight excluding hydrogens is 501 g/mol. The first-order valence-corrected chi connectivity index (χ1v) is 15.4. The van der Waals surface area contributed by atoms with Crippen molar-refractivity contribution in [3.05, 3.63) is 0 Å². The number of carbonyl (C=O) groups excluding carboxylic acids is 3. The van der Waals surface area contributed by atoms with Crippen LogP contribution in [-0.2, 0) is 14.4 Å². The van der Waals surface area contributed by atoms with Crippen LogP contribution in [0.2, 0.25) is 0 Å². The predicted octanol–water partition coefficient (Wildman–Crippen LogP) is 8.53. The number of fused-ring (bicyclic) bond motifs is 7. The summed E-state index contributed by atoms with van der Waals surface area (Å²) in [6.45, 7) is 15.6. The van der Waals surface area contributed by atoms with Gasteiger partial charge in [-0.3, -0.25) is 14.4 Å². The van der Waals surface area contributed by atoms with Crippen LogP contribution in [-0.4, -0.2) is 23.5 Å². The van der Waals surface area contributed by atoms with E-state index < -0.39 is 29.8 Å². The maximum atomic E-state index is 14.5. The summed E-state index contributed by atoms with van der Waals surface area (Å²) in [6.07, 6.45) is 1.31. The molecule has 0 amide bonds. The van der Waals surface area contributed by atoms with E-state index in [0.717, 1.165) is 32.1 Å². The van der Waals surface area contributed by atoms with Crippen molar-refractivity contribution >= 4 is 17.3 Å². The second kappa shape index (κ2) is 8.66. The highest BCUT2D eigenvalue weighted by molar-refractivity contribution is 5.90. The average Bonchev–Trinajstić information content (AvgIpc) is 2.81. The highest BCUT2D eigenvalue weighted by atomic mass is 19.4. The Bertz CT molecular complexity index is 1070. The number of halogens is 3. The predicted molar refractivity (Wildman–Crippen MR) is 145 cm³/mol. The Hall–Kier alpha value is -1.20. The van der Waals surface area contributed by atoms with Gasteiger partial charge in [-0.25, -0.2) is 0 Å². The summed E-state index contributed by atoms with van der Waals surface area (Å²) in [5.41, 5.74) is -1.78. The van der Waals surface area contributed by atoms with Crippen molar-refractivity contribution in [3.63, 3.8) is 0 Å². The van der Waals surface area contributed by atoms with Gasteiger partial charge in [0.2, 0.25) is 0 Å². The smallest absolute Gasteiger partial charge is 0.299 e. The first-order chi connectivity index (χ1) is 17.7. The molecule has 0 saturated heterocycles. The van der Waals surface area contributed by atoms with Gasteiger partial charge in [0.05, 0.1) is 6.42 Å². The molecule has 0 radical (unpaired) electrons.